The molecule has 2 aromatic rings. The summed E-state index contributed by atoms with van der Waals surface area (Å²) in [6.45, 7) is 2.70. The number of nitro benzene ring substituents is 1. The van der Waals surface area contributed by atoms with Crippen LogP contribution in [0.25, 0.3) is 0 Å². The number of nitro groups is 1. The van der Waals surface area contributed by atoms with Crippen LogP contribution in [-0.2, 0) is 10.0 Å². The second kappa shape index (κ2) is 6.85. The molecule has 1 N–H and O–H groups in total. The minimum absolute atomic E-state index is 0.0581. The van der Waals surface area contributed by atoms with Gasteiger partial charge in [-0.3, -0.25) is 10.1 Å². The number of furan rings is 1. The van der Waals surface area contributed by atoms with Crippen molar-refractivity contribution in [2.45, 2.75) is 30.7 Å². The number of nitrogens with one attached hydrogen (secondary N) is 1. The average Bonchev–Trinajstić information content (AvgIpc) is 3.28. The summed E-state index contributed by atoms with van der Waals surface area (Å²) in [5.41, 5.74) is -0.0343. The van der Waals surface area contributed by atoms with E-state index in [0.717, 1.165) is 18.9 Å². The first-order valence-electron chi connectivity index (χ1n) is 7.98. The highest BCUT2D eigenvalue weighted by molar-refractivity contribution is 7.89. The fourth-order valence-electron chi connectivity index (χ4n) is 2.86. The molecule has 1 fully saturated rings. The van der Waals surface area contributed by atoms with Crippen molar-refractivity contribution in [3.8, 4) is 0 Å². The molecule has 2 heterocycles. The molecule has 0 aliphatic carbocycles. The van der Waals surface area contributed by atoms with Crippen LogP contribution in [0.15, 0.2) is 45.9 Å². The van der Waals surface area contributed by atoms with E-state index in [2.05, 4.69) is 5.32 Å². The third-order valence-electron chi connectivity index (χ3n) is 4.21. The van der Waals surface area contributed by atoms with E-state index in [1.165, 1.54) is 22.7 Å². The van der Waals surface area contributed by atoms with E-state index in [0.29, 0.717) is 18.8 Å². The molecule has 1 saturated heterocycles. The molecule has 1 aliphatic heterocycles. The summed E-state index contributed by atoms with van der Waals surface area (Å²) in [5, 5.41) is 14.4. The van der Waals surface area contributed by atoms with Gasteiger partial charge in [-0.25, -0.2) is 8.42 Å². The van der Waals surface area contributed by atoms with Gasteiger partial charge >= 0.3 is 0 Å². The number of hydrogen-bond acceptors (Lipinski definition) is 6. The molecular weight excluding hydrogens is 346 g/mol. The molecule has 25 heavy (non-hydrogen) atoms. The second-order valence-electron chi connectivity index (χ2n) is 5.93. The first kappa shape index (κ1) is 17.4. The fourth-order valence-corrected chi connectivity index (χ4v) is 4.40. The average molecular weight is 365 g/mol. The van der Waals surface area contributed by atoms with Crippen LogP contribution in [0.1, 0.15) is 31.6 Å². The van der Waals surface area contributed by atoms with Crippen LogP contribution >= 0.6 is 0 Å². The fraction of sp³-hybridized carbons (Fsp3) is 0.375. The lowest BCUT2D eigenvalue weighted by molar-refractivity contribution is -0.384. The van der Waals surface area contributed by atoms with Gasteiger partial charge in [-0.2, -0.15) is 4.31 Å². The van der Waals surface area contributed by atoms with Crippen molar-refractivity contribution in [1.82, 2.24) is 4.31 Å². The summed E-state index contributed by atoms with van der Waals surface area (Å²) < 4.78 is 31.8. The predicted octanol–water partition coefficient (Wildman–Crippen LogP) is 3.15. The van der Waals surface area contributed by atoms with Gasteiger partial charge in [0.1, 0.15) is 11.4 Å². The summed E-state index contributed by atoms with van der Waals surface area (Å²) in [7, 11) is -3.70. The highest BCUT2D eigenvalue weighted by Gasteiger charge is 2.29. The van der Waals surface area contributed by atoms with Gasteiger partial charge in [-0.05, 0) is 44.0 Å². The SMILES string of the molecule is C[C@H](Nc1ccc(S(=O)(=O)N2CCCC2)cc1[N+](=O)[O-])c1ccco1. The lowest BCUT2D eigenvalue weighted by Crippen LogP contribution is -2.27. The summed E-state index contributed by atoms with van der Waals surface area (Å²) >= 11 is 0. The molecule has 1 atom stereocenters. The highest BCUT2D eigenvalue weighted by Crippen LogP contribution is 2.32. The van der Waals surface area contributed by atoms with Crippen LogP contribution < -0.4 is 5.32 Å². The highest BCUT2D eigenvalue weighted by atomic mass is 32.2. The Balaban J connectivity index is 1.92. The summed E-state index contributed by atoms with van der Waals surface area (Å²) in [5.74, 6) is 0.628. The molecule has 1 aliphatic rings. The topological polar surface area (TPSA) is 106 Å². The Hall–Kier alpha value is -2.39. The molecule has 0 spiro atoms. The Morgan fingerprint density at radius 1 is 1.28 bits per heavy atom. The third kappa shape index (κ3) is 3.52. The Morgan fingerprint density at radius 3 is 2.60 bits per heavy atom. The van der Waals surface area contributed by atoms with Crippen LogP contribution in [-0.4, -0.2) is 30.7 Å². The lowest BCUT2D eigenvalue weighted by atomic mass is 10.2. The number of hydrogen-bond donors (Lipinski definition) is 1. The van der Waals surface area contributed by atoms with Gasteiger partial charge in [0.25, 0.3) is 5.69 Å². The standard InChI is InChI=1S/C16H19N3O5S/c1-12(16-5-4-10-24-16)17-14-7-6-13(11-15(14)19(20)21)25(22,23)18-8-2-3-9-18/h4-7,10-12,17H,2-3,8-9H2,1H3/t12-/m0/s1. The predicted molar refractivity (Wildman–Crippen MR) is 91.8 cm³/mol. The van der Waals surface area contributed by atoms with Crippen molar-refractivity contribution >= 4 is 21.4 Å². The molecule has 0 radical (unpaired) electrons. The zero-order valence-electron chi connectivity index (χ0n) is 13.7. The monoisotopic (exact) mass is 365 g/mol. The molecule has 134 valence electrons. The number of anilines is 1. The zero-order chi connectivity index (χ0) is 18.0. The lowest BCUT2D eigenvalue weighted by Gasteiger charge is -2.17. The minimum Gasteiger partial charge on any atom is -0.467 e. The van der Waals surface area contributed by atoms with E-state index in [4.69, 9.17) is 4.42 Å². The Kier molecular flexibility index (Phi) is 4.78. The van der Waals surface area contributed by atoms with Crippen LogP contribution in [0.2, 0.25) is 0 Å². The van der Waals surface area contributed by atoms with Gasteiger partial charge in [0.15, 0.2) is 0 Å². The number of sulfonamides is 1. The van der Waals surface area contributed by atoms with Crippen LogP contribution in [0, 0.1) is 10.1 Å². The van der Waals surface area contributed by atoms with E-state index in [-0.39, 0.29) is 22.3 Å². The van der Waals surface area contributed by atoms with Crippen molar-refractivity contribution in [2.75, 3.05) is 18.4 Å². The molecular formula is C16H19N3O5S. The van der Waals surface area contributed by atoms with Gasteiger partial charge < -0.3 is 9.73 Å². The van der Waals surface area contributed by atoms with E-state index in [1.807, 2.05) is 0 Å². The maximum atomic E-state index is 12.6. The minimum atomic E-state index is -3.70. The normalized spacial score (nSPS) is 16.7. The van der Waals surface area contributed by atoms with E-state index in [1.54, 1.807) is 19.1 Å². The van der Waals surface area contributed by atoms with E-state index < -0.39 is 14.9 Å². The van der Waals surface area contributed by atoms with Crippen LogP contribution in [0.5, 0.6) is 0 Å². The molecule has 1 aromatic carbocycles. The summed E-state index contributed by atoms with van der Waals surface area (Å²) in [6, 6.07) is 7.14. The smallest absolute Gasteiger partial charge is 0.293 e. The number of rotatable bonds is 6. The Labute approximate surface area is 145 Å². The second-order valence-corrected chi connectivity index (χ2v) is 7.87. The van der Waals surface area contributed by atoms with Gasteiger partial charge in [0.2, 0.25) is 10.0 Å². The molecule has 0 bridgehead atoms. The van der Waals surface area contributed by atoms with Gasteiger partial charge in [0.05, 0.1) is 22.1 Å². The molecule has 9 heteroatoms. The molecule has 0 saturated carbocycles. The van der Waals surface area contributed by atoms with Gasteiger partial charge in [-0.1, -0.05) is 0 Å². The zero-order valence-corrected chi connectivity index (χ0v) is 14.5. The van der Waals surface area contributed by atoms with Crippen molar-refractivity contribution < 1.29 is 17.8 Å². The van der Waals surface area contributed by atoms with Gasteiger partial charge in [-0.15, -0.1) is 0 Å². The van der Waals surface area contributed by atoms with Crippen LogP contribution in [0.3, 0.4) is 0 Å². The first-order valence-corrected chi connectivity index (χ1v) is 9.42. The van der Waals surface area contributed by atoms with Crippen molar-refractivity contribution in [3.63, 3.8) is 0 Å². The molecule has 0 amide bonds. The summed E-state index contributed by atoms with van der Waals surface area (Å²) in [6.07, 6.45) is 3.14. The van der Waals surface area contributed by atoms with E-state index in [9.17, 15) is 18.5 Å². The third-order valence-corrected chi connectivity index (χ3v) is 6.11. The molecule has 1 aromatic heterocycles. The number of nitrogens with zero attached hydrogens (tertiary/aromatic N) is 2. The molecule has 8 nitrogen and oxygen atoms in total. The quantitative estimate of drug-likeness (QED) is 0.623. The largest absolute Gasteiger partial charge is 0.467 e. The van der Waals surface area contributed by atoms with E-state index >= 15 is 0 Å². The Bertz CT molecular complexity index is 858. The van der Waals surface area contributed by atoms with Gasteiger partial charge in [0, 0.05) is 19.2 Å². The van der Waals surface area contributed by atoms with Crippen LogP contribution in [0.4, 0.5) is 11.4 Å². The maximum Gasteiger partial charge on any atom is 0.293 e. The maximum absolute atomic E-state index is 12.6. The molecule has 3 rings (SSSR count). The van der Waals surface area contributed by atoms with Crippen molar-refractivity contribution in [3.05, 3.63) is 52.5 Å². The molecule has 0 unspecified atom stereocenters. The van der Waals surface area contributed by atoms with Crippen molar-refractivity contribution in [2.24, 2.45) is 0 Å². The summed E-state index contributed by atoms with van der Waals surface area (Å²) in [4.78, 5) is 10.8. The Morgan fingerprint density at radius 2 is 2.00 bits per heavy atom. The van der Waals surface area contributed by atoms with Crippen molar-refractivity contribution in [1.29, 1.82) is 0 Å². The number of benzene rings is 1. The first-order chi connectivity index (χ1) is 11.9.